The van der Waals surface area contributed by atoms with Crippen molar-refractivity contribution >= 4 is 33.6 Å². The lowest BCUT2D eigenvalue weighted by molar-refractivity contribution is 0.0697. The van der Waals surface area contributed by atoms with E-state index in [0.29, 0.717) is 16.7 Å². The van der Waals surface area contributed by atoms with Gasteiger partial charge >= 0.3 is 5.97 Å². The van der Waals surface area contributed by atoms with Crippen molar-refractivity contribution in [2.75, 3.05) is 5.73 Å². The third-order valence-electron chi connectivity index (χ3n) is 3.08. The number of anilines is 1. The summed E-state index contributed by atoms with van der Waals surface area (Å²) in [6.45, 7) is 1.64. The number of fused-ring (bicyclic) bond motifs is 3. The van der Waals surface area contributed by atoms with Crippen LogP contribution >= 0.6 is 0 Å². The fraction of sp³-hybridized carbons (Fsp3) is 0.0769. The first kappa shape index (κ1) is 10.6. The number of aromatic nitrogens is 2. The van der Waals surface area contributed by atoms with Gasteiger partial charge in [-0.1, -0.05) is 18.2 Å². The number of rotatable bonds is 1. The first-order valence-corrected chi connectivity index (χ1v) is 5.49. The molecule has 0 bridgehead atoms. The van der Waals surface area contributed by atoms with Crippen LogP contribution in [0.1, 0.15) is 16.1 Å². The number of benzene rings is 1. The predicted molar refractivity (Wildman–Crippen MR) is 69.7 cm³/mol. The number of para-hydroxylation sites is 1. The van der Waals surface area contributed by atoms with Gasteiger partial charge in [-0.3, -0.25) is 0 Å². The van der Waals surface area contributed by atoms with E-state index in [2.05, 4.69) is 9.97 Å². The van der Waals surface area contributed by atoms with Crippen LogP contribution in [0.5, 0.6) is 0 Å². The van der Waals surface area contributed by atoms with Crippen molar-refractivity contribution in [2.24, 2.45) is 0 Å². The molecular formula is C13H11N3O2. The Kier molecular flexibility index (Phi) is 2.04. The molecule has 4 N–H and O–H groups in total. The molecule has 0 aliphatic rings. The largest absolute Gasteiger partial charge is 0.478 e. The SMILES string of the molecule is Cc1nc2[nH]c3ccccc3c2c(N)c1C(=O)O. The summed E-state index contributed by atoms with van der Waals surface area (Å²) in [5.41, 5.74) is 8.27. The van der Waals surface area contributed by atoms with Gasteiger partial charge in [0.15, 0.2) is 0 Å². The van der Waals surface area contributed by atoms with Crippen molar-refractivity contribution < 1.29 is 9.90 Å². The van der Waals surface area contributed by atoms with Crippen LogP contribution < -0.4 is 5.73 Å². The minimum Gasteiger partial charge on any atom is -0.478 e. The monoisotopic (exact) mass is 241 g/mol. The Morgan fingerprint density at radius 2 is 2.11 bits per heavy atom. The van der Waals surface area contributed by atoms with E-state index in [1.807, 2.05) is 24.3 Å². The van der Waals surface area contributed by atoms with Gasteiger partial charge in [0.25, 0.3) is 0 Å². The summed E-state index contributed by atoms with van der Waals surface area (Å²) < 4.78 is 0. The Labute approximate surface area is 102 Å². The summed E-state index contributed by atoms with van der Waals surface area (Å²) in [5.74, 6) is -1.05. The number of hydrogen-bond acceptors (Lipinski definition) is 3. The first-order chi connectivity index (χ1) is 8.59. The molecule has 0 unspecified atom stereocenters. The van der Waals surface area contributed by atoms with Crippen molar-refractivity contribution in [3.63, 3.8) is 0 Å². The number of nitrogen functional groups attached to an aromatic ring is 1. The first-order valence-electron chi connectivity index (χ1n) is 5.49. The zero-order chi connectivity index (χ0) is 12.9. The van der Waals surface area contributed by atoms with Gasteiger partial charge in [0.2, 0.25) is 0 Å². The highest BCUT2D eigenvalue weighted by atomic mass is 16.4. The average molecular weight is 241 g/mol. The summed E-state index contributed by atoms with van der Waals surface area (Å²) in [5, 5.41) is 10.7. The van der Waals surface area contributed by atoms with E-state index in [1.165, 1.54) is 0 Å². The summed E-state index contributed by atoms with van der Waals surface area (Å²) in [7, 11) is 0. The van der Waals surface area contributed by atoms with Crippen LogP contribution in [-0.4, -0.2) is 21.0 Å². The minimum atomic E-state index is -1.05. The highest BCUT2D eigenvalue weighted by Gasteiger charge is 2.18. The number of carbonyl (C=O) groups is 1. The Morgan fingerprint density at radius 3 is 2.83 bits per heavy atom. The van der Waals surface area contributed by atoms with Gasteiger partial charge < -0.3 is 15.8 Å². The van der Waals surface area contributed by atoms with E-state index in [4.69, 9.17) is 5.73 Å². The van der Waals surface area contributed by atoms with Gasteiger partial charge in [-0.15, -0.1) is 0 Å². The number of aromatic carboxylic acids is 1. The molecule has 2 aromatic heterocycles. The zero-order valence-corrected chi connectivity index (χ0v) is 9.69. The molecule has 2 heterocycles. The van der Waals surface area contributed by atoms with Gasteiger partial charge in [-0.05, 0) is 13.0 Å². The maximum absolute atomic E-state index is 11.2. The van der Waals surface area contributed by atoms with E-state index in [1.54, 1.807) is 6.92 Å². The maximum Gasteiger partial charge on any atom is 0.339 e. The summed E-state index contributed by atoms with van der Waals surface area (Å²) in [6, 6.07) is 7.59. The normalized spacial score (nSPS) is 11.2. The fourth-order valence-corrected chi connectivity index (χ4v) is 2.30. The summed E-state index contributed by atoms with van der Waals surface area (Å²) in [4.78, 5) is 18.6. The Bertz CT molecular complexity index is 790. The number of carboxylic acid groups (broad SMARTS) is 1. The molecule has 5 heteroatoms. The molecule has 3 aromatic rings. The molecule has 90 valence electrons. The molecule has 0 atom stereocenters. The standard InChI is InChI=1S/C13H11N3O2/c1-6-9(13(17)18)11(14)10-7-4-2-3-5-8(7)16-12(10)15-6/h2-5H,1H3,(H,17,18)(H3,14,15,16). The highest BCUT2D eigenvalue weighted by Crippen LogP contribution is 2.32. The van der Waals surface area contributed by atoms with Gasteiger partial charge in [0.05, 0.1) is 16.8 Å². The van der Waals surface area contributed by atoms with Gasteiger partial charge in [0, 0.05) is 10.9 Å². The van der Waals surface area contributed by atoms with Crippen LogP contribution in [-0.2, 0) is 0 Å². The molecule has 0 fully saturated rings. The van der Waals surface area contributed by atoms with Gasteiger partial charge in [0.1, 0.15) is 11.2 Å². The Hall–Kier alpha value is -2.56. The van der Waals surface area contributed by atoms with Crippen molar-refractivity contribution in [3.05, 3.63) is 35.5 Å². The van der Waals surface area contributed by atoms with Crippen molar-refractivity contribution in [1.82, 2.24) is 9.97 Å². The lowest BCUT2D eigenvalue weighted by Gasteiger charge is -2.05. The average Bonchev–Trinajstić information content (AvgIpc) is 2.66. The maximum atomic E-state index is 11.2. The fourth-order valence-electron chi connectivity index (χ4n) is 2.30. The van der Waals surface area contributed by atoms with Crippen LogP contribution in [0, 0.1) is 6.92 Å². The second-order valence-electron chi connectivity index (χ2n) is 4.19. The van der Waals surface area contributed by atoms with Crippen LogP contribution in [0.4, 0.5) is 5.69 Å². The number of nitrogens with two attached hydrogens (primary N) is 1. The number of carboxylic acids is 1. The molecule has 18 heavy (non-hydrogen) atoms. The third-order valence-corrected chi connectivity index (χ3v) is 3.08. The number of nitrogens with one attached hydrogen (secondary N) is 1. The number of hydrogen-bond donors (Lipinski definition) is 3. The molecule has 1 aromatic carbocycles. The molecule has 5 nitrogen and oxygen atoms in total. The van der Waals surface area contributed by atoms with E-state index in [0.717, 1.165) is 10.9 Å². The lowest BCUT2D eigenvalue weighted by Crippen LogP contribution is -2.07. The second-order valence-corrected chi connectivity index (χ2v) is 4.19. The number of H-pyrrole nitrogens is 1. The summed E-state index contributed by atoms with van der Waals surface area (Å²) in [6.07, 6.45) is 0. The molecule has 0 aliphatic heterocycles. The van der Waals surface area contributed by atoms with E-state index in [-0.39, 0.29) is 11.3 Å². The number of aryl methyl sites for hydroxylation is 1. The topological polar surface area (TPSA) is 92.0 Å². The molecule has 0 spiro atoms. The number of nitrogens with zero attached hydrogens (tertiary/aromatic N) is 1. The highest BCUT2D eigenvalue weighted by molar-refractivity contribution is 6.15. The number of aromatic amines is 1. The van der Waals surface area contributed by atoms with E-state index >= 15 is 0 Å². The van der Waals surface area contributed by atoms with E-state index < -0.39 is 5.97 Å². The molecule has 3 rings (SSSR count). The molecule has 0 aliphatic carbocycles. The third kappa shape index (κ3) is 1.27. The quantitative estimate of drug-likeness (QED) is 0.609. The van der Waals surface area contributed by atoms with Crippen molar-refractivity contribution in [2.45, 2.75) is 6.92 Å². The summed E-state index contributed by atoms with van der Waals surface area (Å²) >= 11 is 0. The predicted octanol–water partition coefficient (Wildman–Crippen LogP) is 2.30. The minimum absolute atomic E-state index is 0.0762. The zero-order valence-electron chi connectivity index (χ0n) is 9.69. The van der Waals surface area contributed by atoms with Gasteiger partial charge in [-0.25, -0.2) is 9.78 Å². The second kappa shape index (κ2) is 3.46. The molecule has 0 saturated heterocycles. The van der Waals surface area contributed by atoms with Crippen molar-refractivity contribution in [1.29, 1.82) is 0 Å². The molecule has 0 radical (unpaired) electrons. The number of pyridine rings is 1. The van der Waals surface area contributed by atoms with E-state index in [9.17, 15) is 9.90 Å². The smallest absolute Gasteiger partial charge is 0.339 e. The Morgan fingerprint density at radius 1 is 1.39 bits per heavy atom. The molecular weight excluding hydrogens is 230 g/mol. The van der Waals surface area contributed by atoms with Crippen LogP contribution in [0.3, 0.4) is 0 Å². The molecule has 0 saturated carbocycles. The van der Waals surface area contributed by atoms with Crippen LogP contribution in [0.25, 0.3) is 21.9 Å². The van der Waals surface area contributed by atoms with Crippen LogP contribution in [0.15, 0.2) is 24.3 Å². The Balaban J connectivity index is 2.56. The molecule has 0 amide bonds. The van der Waals surface area contributed by atoms with Crippen molar-refractivity contribution in [3.8, 4) is 0 Å². The lowest BCUT2D eigenvalue weighted by atomic mass is 10.1. The van der Waals surface area contributed by atoms with Gasteiger partial charge in [-0.2, -0.15) is 0 Å². The van der Waals surface area contributed by atoms with Crippen LogP contribution in [0.2, 0.25) is 0 Å².